The van der Waals surface area contributed by atoms with E-state index >= 15 is 4.39 Å². The van der Waals surface area contributed by atoms with Crippen molar-refractivity contribution in [1.29, 1.82) is 0 Å². The first-order valence-electron chi connectivity index (χ1n) is 19.6. The number of nitrogens with one attached hydrogen (secondary N) is 2. The van der Waals surface area contributed by atoms with Gasteiger partial charge in [0.2, 0.25) is 23.5 Å². The number of benzene rings is 4. The largest absolute Gasteiger partial charge is 0.486 e. The second-order valence-corrected chi connectivity index (χ2v) is 14.8. The number of amides is 2. The normalized spacial score (nSPS) is 14.3. The van der Waals surface area contributed by atoms with Crippen molar-refractivity contribution < 1.29 is 32.9 Å². The summed E-state index contributed by atoms with van der Waals surface area (Å²) in [5.41, 5.74) is 3.70. The smallest absolute Gasteiger partial charge is 0.227 e. The van der Waals surface area contributed by atoms with Crippen LogP contribution in [0.2, 0.25) is 0 Å². The fourth-order valence-electron chi connectivity index (χ4n) is 7.07. The van der Waals surface area contributed by atoms with Gasteiger partial charge in [-0.1, -0.05) is 38.1 Å². The van der Waals surface area contributed by atoms with Crippen LogP contribution in [0.1, 0.15) is 57.1 Å². The topological polar surface area (TPSA) is 186 Å². The number of unbranched alkanes of at least 4 members (excludes halogenated alkanes) is 1. The number of hydrogen-bond donors (Lipinski definition) is 2. The lowest BCUT2D eigenvalue weighted by Gasteiger charge is -2.28. The molecular weight excluding hydrogens is 760 g/mol. The Hall–Kier alpha value is -6.91. The highest BCUT2D eigenvalue weighted by Gasteiger charge is 2.26. The molecule has 4 heterocycles. The van der Waals surface area contributed by atoms with Crippen LogP contribution in [0.3, 0.4) is 0 Å². The zero-order valence-corrected chi connectivity index (χ0v) is 32.6. The van der Waals surface area contributed by atoms with Crippen LogP contribution in [0, 0.1) is 11.7 Å². The summed E-state index contributed by atoms with van der Waals surface area (Å²) in [5, 5.41) is 28.4. The van der Waals surface area contributed by atoms with Gasteiger partial charge in [0, 0.05) is 29.7 Å². The Morgan fingerprint density at radius 1 is 0.746 bits per heavy atom. The highest BCUT2D eigenvalue weighted by molar-refractivity contribution is 5.95. The van der Waals surface area contributed by atoms with Crippen molar-refractivity contribution in [1.82, 2.24) is 41.2 Å². The molecule has 2 aromatic heterocycles. The number of rotatable bonds is 15. The van der Waals surface area contributed by atoms with E-state index in [0.29, 0.717) is 92.1 Å². The molecule has 0 aliphatic carbocycles. The Balaban J connectivity index is 0.921. The van der Waals surface area contributed by atoms with Crippen LogP contribution in [0.25, 0.3) is 22.8 Å². The van der Waals surface area contributed by atoms with E-state index in [-0.39, 0.29) is 48.3 Å². The molecule has 59 heavy (non-hydrogen) atoms. The van der Waals surface area contributed by atoms with Gasteiger partial charge in [-0.05, 0) is 101 Å². The summed E-state index contributed by atoms with van der Waals surface area (Å²) < 4.78 is 39.4. The number of halogens is 1. The SMILES string of the molecule is CC(C)CC(=O)N(Cc1ccc2c(c1)OC(CCCCC(=O)N(Cc1ccc3c(c1)OCCO3)c1cccc(-c3nn[nH]n3)c1)CO2)c1cc(-c2nn[nH]n2)ccc1F. The number of H-pyrrole nitrogens is 2. The third kappa shape index (κ3) is 9.29. The average Bonchev–Trinajstić information content (AvgIpc) is 4.00. The molecule has 8 rings (SSSR count). The predicted molar refractivity (Wildman–Crippen MR) is 213 cm³/mol. The van der Waals surface area contributed by atoms with Gasteiger partial charge in [0.15, 0.2) is 23.0 Å². The highest BCUT2D eigenvalue weighted by atomic mass is 19.1. The van der Waals surface area contributed by atoms with E-state index in [1.165, 1.54) is 11.0 Å². The number of aromatic amines is 2. The first-order chi connectivity index (χ1) is 28.8. The standard InChI is InChI=1S/C42H43FN10O6/c1-26(2)18-40(55)53(34-22-30(12-13-33(34)43)42-46-50-51-47-42)24-28-11-15-36-38(20-28)59-32(25-58-36)8-3-4-9-39(54)52(23-27-10-14-35-37(19-27)57-17-16-56-35)31-7-5-6-29(21-31)41-44-48-49-45-41/h5-7,10-15,19-22,26,32H,3-4,8-9,16-18,23-25H2,1-2H3,(H,44,45,48,49)(H,46,47,50,51). The predicted octanol–water partition coefficient (Wildman–Crippen LogP) is 6.47. The van der Waals surface area contributed by atoms with E-state index in [9.17, 15) is 9.59 Å². The van der Waals surface area contributed by atoms with Gasteiger partial charge in [-0.25, -0.2) is 4.39 Å². The zero-order chi connectivity index (χ0) is 40.7. The molecule has 2 N–H and O–H groups in total. The summed E-state index contributed by atoms with van der Waals surface area (Å²) >= 11 is 0. The number of fused-ring (bicyclic) bond motifs is 2. The van der Waals surface area contributed by atoms with E-state index in [4.69, 9.17) is 18.9 Å². The van der Waals surface area contributed by atoms with E-state index < -0.39 is 5.82 Å². The molecule has 1 atom stereocenters. The molecule has 16 nitrogen and oxygen atoms in total. The minimum absolute atomic E-state index is 0.0446. The maximum absolute atomic E-state index is 15.4. The minimum Gasteiger partial charge on any atom is -0.486 e. The molecule has 0 fully saturated rings. The molecule has 2 aliphatic rings. The quantitative estimate of drug-likeness (QED) is 0.108. The van der Waals surface area contributed by atoms with Crippen LogP contribution in [0.4, 0.5) is 15.8 Å². The van der Waals surface area contributed by atoms with Crippen LogP contribution >= 0.6 is 0 Å². The summed E-state index contributed by atoms with van der Waals surface area (Å²) in [7, 11) is 0. The van der Waals surface area contributed by atoms with Gasteiger partial charge in [-0.15, -0.1) is 20.4 Å². The number of tetrazole rings is 2. The van der Waals surface area contributed by atoms with E-state index in [1.807, 2.05) is 68.4 Å². The van der Waals surface area contributed by atoms with Crippen molar-refractivity contribution >= 4 is 23.2 Å². The summed E-state index contributed by atoms with van der Waals surface area (Å²) in [5.74, 6) is 2.42. The molecule has 17 heteroatoms. The van der Waals surface area contributed by atoms with Crippen LogP contribution in [-0.4, -0.2) is 79.0 Å². The number of carbonyl (C=O) groups is 2. The van der Waals surface area contributed by atoms with Crippen LogP contribution < -0.4 is 28.7 Å². The second kappa shape index (κ2) is 17.7. The summed E-state index contributed by atoms with van der Waals surface area (Å²) in [6, 6.07) is 23.1. The number of anilines is 2. The molecular formula is C42H43FN10O6. The average molecular weight is 803 g/mol. The number of aromatic nitrogens is 8. The fraction of sp³-hybridized carbons (Fsp3) is 0.333. The maximum atomic E-state index is 15.4. The van der Waals surface area contributed by atoms with Crippen molar-refractivity contribution in [2.24, 2.45) is 5.92 Å². The van der Waals surface area contributed by atoms with Crippen molar-refractivity contribution in [2.75, 3.05) is 29.6 Å². The molecule has 2 amide bonds. The first kappa shape index (κ1) is 38.9. The number of ether oxygens (including phenoxy) is 4. The Morgan fingerprint density at radius 3 is 2.14 bits per heavy atom. The molecule has 2 aliphatic heterocycles. The van der Waals surface area contributed by atoms with Gasteiger partial charge in [-0.2, -0.15) is 10.4 Å². The van der Waals surface area contributed by atoms with Crippen LogP contribution in [-0.2, 0) is 22.7 Å². The summed E-state index contributed by atoms with van der Waals surface area (Å²) in [6.45, 7) is 5.62. The fourth-order valence-corrected chi connectivity index (χ4v) is 7.07. The Morgan fingerprint density at radius 2 is 1.42 bits per heavy atom. The summed E-state index contributed by atoms with van der Waals surface area (Å²) in [6.07, 6.45) is 2.26. The highest BCUT2D eigenvalue weighted by Crippen LogP contribution is 2.36. The van der Waals surface area contributed by atoms with Crippen LogP contribution in [0.5, 0.6) is 23.0 Å². The molecule has 0 saturated heterocycles. The van der Waals surface area contributed by atoms with E-state index in [1.54, 1.807) is 23.1 Å². The van der Waals surface area contributed by atoms with E-state index in [0.717, 1.165) is 16.7 Å². The van der Waals surface area contributed by atoms with Crippen molar-refractivity contribution in [3.63, 3.8) is 0 Å². The van der Waals surface area contributed by atoms with Gasteiger partial charge in [0.05, 0.1) is 18.8 Å². The molecule has 0 radical (unpaired) electrons. The number of carbonyl (C=O) groups excluding carboxylic acids is 2. The van der Waals surface area contributed by atoms with Gasteiger partial charge >= 0.3 is 0 Å². The zero-order valence-electron chi connectivity index (χ0n) is 32.6. The van der Waals surface area contributed by atoms with Crippen molar-refractivity contribution in [3.8, 4) is 45.8 Å². The molecule has 0 saturated carbocycles. The van der Waals surface area contributed by atoms with E-state index in [2.05, 4.69) is 41.2 Å². The number of nitrogens with zero attached hydrogens (tertiary/aromatic N) is 8. The molecule has 1 unspecified atom stereocenters. The summed E-state index contributed by atoms with van der Waals surface area (Å²) in [4.78, 5) is 30.8. The Bertz CT molecular complexity index is 2390. The Kier molecular flexibility index (Phi) is 11.7. The third-order valence-corrected chi connectivity index (χ3v) is 9.97. The molecule has 0 spiro atoms. The molecule has 4 aromatic carbocycles. The third-order valence-electron chi connectivity index (χ3n) is 9.97. The minimum atomic E-state index is -0.547. The van der Waals surface area contributed by atoms with Crippen molar-refractivity contribution in [2.45, 2.75) is 65.1 Å². The Labute approximate surface area is 339 Å². The van der Waals surface area contributed by atoms with Gasteiger partial charge in [0.1, 0.15) is 31.7 Å². The van der Waals surface area contributed by atoms with Gasteiger partial charge in [-0.3, -0.25) is 9.59 Å². The van der Waals surface area contributed by atoms with Crippen molar-refractivity contribution in [3.05, 3.63) is 95.8 Å². The lowest BCUT2D eigenvalue weighted by atomic mass is 10.1. The first-order valence-corrected chi connectivity index (χ1v) is 19.6. The maximum Gasteiger partial charge on any atom is 0.227 e. The molecule has 304 valence electrons. The lowest BCUT2D eigenvalue weighted by Crippen LogP contribution is -2.32. The molecule has 0 bridgehead atoms. The monoisotopic (exact) mass is 802 g/mol. The molecule has 6 aromatic rings. The van der Waals surface area contributed by atoms with Crippen LogP contribution in [0.15, 0.2) is 78.9 Å². The second-order valence-electron chi connectivity index (χ2n) is 14.8. The van der Waals surface area contributed by atoms with Gasteiger partial charge in [0.25, 0.3) is 0 Å². The lowest BCUT2D eigenvalue weighted by molar-refractivity contribution is -0.120. The number of hydrogen-bond acceptors (Lipinski definition) is 12. The van der Waals surface area contributed by atoms with Gasteiger partial charge < -0.3 is 28.7 Å².